The first kappa shape index (κ1) is 14.9. The number of halogens is 1. The molecule has 1 aromatic rings. The summed E-state index contributed by atoms with van der Waals surface area (Å²) in [5, 5.41) is 0. The van der Waals surface area contributed by atoms with Gasteiger partial charge in [-0.25, -0.2) is 0 Å². The predicted molar refractivity (Wildman–Crippen MR) is 61.2 cm³/mol. The second-order valence-electron chi connectivity index (χ2n) is 2.79. The SMILES string of the molecule is CCCCOc1[c-]cc(OC)cc1.[Zn+][Br]. The van der Waals surface area contributed by atoms with Crippen LogP contribution in [0.25, 0.3) is 0 Å². The number of benzene rings is 1. The molecule has 0 aliphatic carbocycles. The zero-order chi connectivity index (χ0) is 11.5. The summed E-state index contributed by atoms with van der Waals surface area (Å²) in [5.41, 5.74) is 0. The Kier molecular flexibility index (Phi) is 10.4. The van der Waals surface area contributed by atoms with Crippen LogP contribution in [0.1, 0.15) is 19.8 Å². The molecule has 0 unspecified atom stereocenters. The molecular weight excluding hydrogens is 309 g/mol. The van der Waals surface area contributed by atoms with Gasteiger partial charge in [-0.2, -0.15) is 0 Å². The van der Waals surface area contributed by atoms with E-state index in [1.54, 1.807) is 13.2 Å². The number of hydrogen-bond donors (Lipinski definition) is 0. The van der Waals surface area contributed by atoms with Gasteiger partial charge in [0.1, 0.15) is 0 Å². The summed E-state index contributed by atoms with van der Waals surface area (Å²) in [4.78, 5) is 0. The van der Waals surface area contributed by atoms with E-state index in [4.69, 9.17) is 9.47 Å². The predicted octanol–water partition coefficient (Wildman–Crippen LogP) is 3.52. The molecule has 1 rings (SSSR count). The van der Waals surface area contributed by atoms with Crippen LogP contribution >= 0.6 is 13.6 Å². The van der Waals surface area contributed by atoms with Gasteiger partial charge in [0.2, 0.25) is 0 Å². The first-order valence-corrected chi connectivity index (χ1v) is 11.8. The molecule has 0 heterocycles. The maximum absolute atomic E-state index is 5.43. The van der Waals surface area contributed by atoms with E-state index in [9.17, 15) is 0 Å². The fourth-order valence-electron chi connectivity index (χ4n) is 0.940. The fourth-order valence-corrected chi connectivity index (χ4v) is 0.940. The van der Waals surface area contributed by atoms with Crippen LogP contribution < -0.4 is 9.47 Å². The maximum atomic E-state index is 5.43. The molecule has 1 aromatic carbocycles. The Labute approximate surface area is 108 Å². The van der Waals surface area contributed by atoms with Crippen LogP contribution in [0.2, 0.25) is 0 Å². The van der Waals surface area contributed by atoms with E-state index < -0.39 is 0 Å². The number of methoxy groups -OCH3 is 1. The van der Waals surface area contributed by atoms with Crippen molar-refractivity contribution in [2.75, 3.05) is 13.7 Å². The summed E-state index contributed by atoms with van der Waals surface area (Å²) >= 11 is 4.25. The van der Waals surface area contributed by atoms with E-state index in [1.807, 2.05) is 12.1 Å². The zero-order valence-corrected chi connectivity index (χ0v) is 13.8. The van der Waals surface area contributed by atoms with Crippen molar-refractivity contribution >= 4 is 13.6 Å². The van der Waals surface area contributed by atoms with Gasteiger partial charge >= 0.3 is 30.0 Å². The molecule has 80 valence electrons. The minimum atomic E-state index is 0.763. The molecule has 0 N–H and O–H groups in total. The van der Waals surface area contributed by atoms with Gasteiger partial charge in [0.25, 0.3) is 0 Å². The molecule has 0 amide bonds. The van der Waals surface area contributed by atoms with Crippen molar-refractivity contribution in [1.29, 1.82) is 0 Å². The molecule has 4 heteroatoms. The Bertz CT molecular complexity index is 239. The van der Waals surface area contributed by atoms with Gasteiger partial charge in [-0.3, -0.25) is 0 Å². The Balaban J connectivity index is 0.000000921. The molecule has 0 saturated heterocycles. The molecule has 0 aliphatic rings. The van der Waals surface area contributed by atoms with Crippen molar-refractivity contribution in [3.05, 3.63) is 24.3 Å². The van der Waals surface area contributed by atoms with Crippen LogP contribution in [0.3, 0.4) is 0 Å². The Morgan fingerprint density at radius 3 is 2.60 bits per heavy atom. The average molecular weight is 325 g/mol. The van der Waals surface area contributed by atoms with Crippen LogP contribution in [0.5, 0.6) is 11.5 Å². The number of ether oxygens (including phenoxy) is 2. The summed E-state index contributed by atoms with van der Waals surface area (Å²) in [5.74, 6) is 1.59. The van der Waals surface area contributed by atoms with Gasteiger partial charge in [0, 0.05) is 11.5 Å². The third kappa shape index (κ3) is 6.91. The van der Waals surface area contributed by atoms with Crippen molar-refractivity contribution in [3.8, 4) is 11.5 Å². The summed E-state index contributed by atoms with van der Waals surface area (Å²) < 4.78 is 10.4. The topological polar surface area (TPSA) is 18.5 Å². The first-order chi connectivity index (χ1) is 7.36. The van der Waals surface area contributed by atoms with Crippen LogP contribution in [0.15, 0.2) is 18.2 Å². The third-order valence-electron chi connectivity index (χ3n) is 1.75. The van der Waals surface area contributed by atoms with Gasteiger partial charge in [-0.1, -0.05) is 13.3 Å². The fraction of sp³-hybridized carbons (Fsp3) is 0.455. The van der Waals surface area contributed by atoms with Gasteiger partial charge in [-0.15, -0.1) is 24.3 Å². The molecule has 2 nitrogen and oxygen atoms in total. The van der Waals surface area contributed by atoms with Crippen LogP contribution in [-0.4, -0.2) is 13.7 Å². The monoisotopic (exact) mass is 322 g/mol. The molecule has 0 spiro atoms. The van der Waals surface area contributed by atoms with Crippen LogP contribution in [0, 0.1) is 6.07 Å². The average Bonchev–Trinajstić information content (AvgIpc) is 2.33. The summed E-state index contributed by atoms with van der Waals surface area (Å²) in [6.45, 7) is 2.90. The van der Waals surface area contributed by atoms with Crippen molar-refractivity contribution in [3.63, 3.8) is 0 Å². The minimum absolute atomic E-state index is 0.763. The van der Waals surface area contributed by atoms with E-state index in [2.05, 4.69) is 26.6 Å². The normalized spacial score (nSPS) is 8.87. The molecule has 0 saturated carbocycles. The molecule has 15 heavy (non-hydrogen) atoms. The molecular formula is C11H15BrO2Zn. The second kappa shape index (κ2) is 10.4. The molecule has 0 aliphatic heterocycles. The third-order valence-corrected chi connectivity index (χ3v) is 1.75. The second-order valence-corrected chi connectivity index (χ2v) is 2.79. The van der Waals surface area contributed by atoms with E-state index >= 15 is 0 Å². The molecule has 0 atom stereocenters. The van der Waals surface area contributed by atoms with E-state index in [0.29, 0.717) is 0 Å². The van der Waals surface area contributed by atoms with E-state index in [1.165, 1.54) is 16.3 Å². The number of rotatable bonds is 5. The first-order valence-electron chi connectivity index (χ1n) is 4.82. The van der Waals surface area contributed by atoms with Crippen molar-refractivity contribution in [2.24, 2.45) is 0 Å². The molecule has 0 fully saturated rings. The van der Waals surface area contributed by atoms with Gasteiger partial charge in [0.05, 0.1) is 13.7 Å². The Morgan fingerprint density at radius 2 is 2.13 bits per heavy atom. The van der Waals surface area contributed by atoms with Crippen molar-refractivity contribution < 1.29 is 25.8 Å². The van der Waals surface area contributed by atoms with Crippen molar-refractivity contribution in [2.45, 2.75) is 19.8 Å². The van der Waals surface area contributed by atoms with Crippen molar-refractivity contribution in [1.82, 2.24) is 0 Å². The summed E-state index contributed by atoms with van der Waals surface area (Å²) in [7, 11) is 1.64. The van der Waals surface area contributed by atoms with E-state index in [-0.39, 0.29) is 0 Å². The quantitative estimate of drug-likeness (QED) is 0.469. The number of hydrogen-bond acceptors (Lipinski definition) is 2. The Morgan fingerprint density at radius 1 is 1.40 bits per heavy atom. The van der Waals surface area contributed by atoms with Gasteiger partial charge in [0.15, 0.2) is 0 Å². The standard InChI is InChI=1S/C11H15O2.BrH.Zn/c1-3-4-9-13-11-7-5-10(12-2)6-8-11;;/h5-7H,3-4,9H2,1-2H3;1H;/q-1;;+2/p-1. The zero-order valence-electron chi connectivity index (χ0n) is 9.25. The number of unbranched alkanes of at least 4 members (excludes halogenated alkanes) is 1. The van der Waals surface area contributed by atoms with Crippen LogP contribution in [-0.2, 0) is 16.3 Å². The summed E-state index contributed by atoms with van der Waals surface area (Å²) in [6.07, 6.45) is 2.23. The molecule has 0 radical (unpaired) electrons. The Hall–Kier alpha value is -0.0766. The van der Waals surface area contributed by atoms with E-state index in [0.717, 1.165) is 30.9 Å². The van der Waals surface area contributed by atoms with Crippen LogP contribution in [0.4, 0.5) is 0 Å². The molecule has 0 bridgehead atoms. The van der Waals surface area contributed by atoms with Gasteiger partial charge < -0.3 is 9.47 Å². The molecule has 0 aromatic heterocycles. The summed E-state index contributed by atoms with van der Waals surface area (Å²) in [6, 6.07) is 8.52. The van der Waals surface area contributed by atoms with Gasteiger partial charge in [-0.05, 0) is 6.42 Å².